The average molecular weight is 255 g/mol. The first-order valence-electron chi connectivity index (χ1n) is 7.50. The van der Waals surface area contributed by atoms with Gasteiger partial charge in [-0.25, -0.2) is 0 Å². The maximum atomic E-state index is 6.08. The summed E-state index contributed by atoms with van der Waals surface area (Å²) < 4.78 is 0. The number of likely N-dealkylation sites (tertiary alicyclic amines) is 1. The lowest BCUT2D eigenvalue weighted by Crippen LogP contribution is -2.57. The molecule has 0 bridgehead atoms. The Morgan fingerprint density at radius 1 is 1.44 bits per heavy atom. The standard InChI is InChI=1S/C15H33N3/c1-13(2)8-9-15(3,12-16)18(5)14-7-6-10-17(4)11-14/h13-14H,6-12,16H2,1-5H3. The molecule has 3 heteroatoms. The van der Waals surface area contributed by atoms with Crippen molar-refractivity contribution in [1.29, 1.82) is 0 Å². The van der Waals surface area contributed by atoms with E-state index in [1.165, 1.54) is 38.8 Å². The number of nitrogens with two attached hydrogens (primary N) is 1. The molecule has 2 N–H and O–H groups in total. The second-order valence-corrected chi connectivity index (χ2v) is 6.80. The van der Waals surface area contributed by atoms with Crippen molar-refractivity contribution < 1.29 is 0 Å². The van der Waals surface area contributed by atoms with Gasteiger partial charge >= 0.3 is 0 Å². The summed E-state index contributed by atoms with van der Waals surface area (Å²) in [5.41, 5.74) is 6.24. The summed E-state index contributed by atoms with van der Waals surface area (Å²) in [5, 5.41) is 0. The van der Waals surface area contributed by atoms with Crippen molar-refractivity contribution in [2.75, 3.05) is 33.7 Å². The summed E-state index contributed by atoms with van der Waals surface area (Å²) in [6.45, 7) is 10.1. The van der Waals surface area contributed by atoms with Gasteiger partial charge < -0.3 is 10.6 Å². The van der Waals surface area contributed by atoms with Crippen LogP contribution in [0.2, 0.25) is 0 Å². The highest BCUT2D eigenvalue weighted by atomic mass is 15.3. The van der Waals surface area contributed by atoms with E-state index in [2.05, 4.69) is 44.7 Å². The number of rotatable bonds is 6. The third-order valence-electron chi connectivity index (χ3n) is 4.70. The van der Waals surface area contributed by atoms with Gasteiger partial charge in [0.15, 0.2) is 0 Å². The molecule has 0 spiro atoms. The number of likely N-dealkylation sites (N-methyl/N-ethyl adjacent to an activating group) is 2. The fraction of sp³-hybridized carbons (Fsp3) is 1.00. The minimum absolute atomic E-state index is 0.160. The van der Waals surface area contributed by atoms with Crippen LogP contribution in [0.25, 0.3) is 0 Å². The van der Waals surface area contributed by atoms with E-state index in [1.54, 1.807) is 0 Å². The van der Waals surface area contributed by atoms with Crippen LogP contribution in [0.3, 0.4) is 0 Å². The van der Waals surface area contributed by atoms with Gasteiger partial charge in [-0.1, -0.05) is 13.8 Å². The van der Waals surface area contributed by atoms with E-state index < -0.39 is 0 Å². The molecule has 0 saturated carbocycles. The van der Waals surface area contributed by atoms with Crippen LogP contribution in [-0.4, -0.2) is 55.1 Å². The summed E-state index contributed by atoms with van der Waals surface area (Å²) >= 11 is 0. The quantitative estimate of drug-likeness (QED) is 0.789. The summed E-state index contributed by atoms with van der Waals surface area (Å²) in [7, 11) is 4.50. The molecule has 1 aliphatic heterocycles. The summed E-state index contributed by atoms with van der Waals surface area (Å²) in [6, 6.07) is 0.671. The fourth-order valence-electron chi connectivity index (χ4n) is 2.92. The molecule has 2 unspecified atom stereocenters. The predicted molar refractivity (Wildman–Crippen MR) is 79.8 cm³/mol. The molecule has 18 heavy (non-hydrogen) atoms. The lowest BCUT2D eigenvalue weighted by molar-refractivity contribution is 0.0404. The molecule has 1 rings (SSSR count). The largest absolute Gasteiger partial charge is 0.329 e. The number of hydrogen-bond donors (Lipinski definition) is 1. The molecular formula is C15H33N3. The third kappa shape index (κ3) is 4.22. The van der Waals surface area contributed by atoms with Crippen LogP contribution in [-0.2, 0) is 0 Å². The maximum absolute atomic E-state index is 6.08. The second-order valence-electron chi connectivity index (χ2n) is 6.80. The van der Waals surface area contributed by atoms with E-state index in [-0.39, 0.29) is 5.54 Å². The molecule has 0 aromatic carbocycles. The maximum Gasteiger partial charge on any atom is 0.0304 e. The van der Waals surface area contributed by atoms with Crippen molar-refractivity contribution in [3.8, 4) is 0 Å². The van der Waals surface area contributed by atoms with E-state index >= 15 is 0 Å². The highest BCUT2D eigenvalue weighted by Gasteiger charge is 2.33. The average Bonchev–Trinajstić information content (AvgIpc) is 2.35. The van der Waals surface area contributed by atoms with Crippen LogP contribution in [0.5, 0.6) is 0 Å². The number of piperidine rings is 1. The van der Waals surface area contributed by atoms with Gasteiger partial charge in [-0.2, -0.15) is 0 Å². The molecule has 1 heterocycles. The van der Waals surface area contributed by atoms with Gasteiger partial charge in [-0.3, -0.25) is 4.90 Å². The van der Waals surface area contributed by atoms with E-state index in [4.69, 9.17) is 5.73 Å². The van der Waals surface area contributed by atoms with Crippen molar-refractivity contribution in [1.82, 2.24) is 9.80 Å². The summed E-state index contributed by atoms with van der Waals surface area (Å²) in [5.74, 6) is 0.762. The van der Waals surface area contributed by atoms with Crippen LogP contribution in [0.1, 0.15) is 46.5 Å². The first kappa shape index (κ1) is 15.9. The molecule has 1 saturated heterocycles. The third-order valence-corrected chi connectivity index (χ3v) is 4.70. The first-order chi connectivity index (χ1) is 8.39. The highest BCUT2D eigenvalue weighted by molar-refractivity contribution is 4.91. The van der Waals surface area contributed by atoms with Gasteiger partial charge in [0, 0.05) is 24.7 Å². The van der Waals surface area contributed by atoms with Crippen LogP contribution in [0.15, 0.2) is 0 Å². The summed E-state index contributed by atoms with van der Waals surface area (Å²) in [6.07, 6.45) is 5.10. The molecule has 1 fully saturated rings. The smallest absolute Gasteiger partial charge is 0.0304 e. The summed E-state index contributed by atoms with van der Waals surface area (Å²) in [4.78, 5) is 5.01. The Labute approximate surface area is 114 Å². The zero-order chi connectivity index (χ0) is 13.8. The Morgan fingerprint density at radius 3 is 2.61 bits per heavy atom. The molecule has 0 radical (unpaired) electrons. The van der Waals surface area contributed by atoms with Crippen molar-refractivity contribution in [2.45, 2.75) is 58.0 Å². The first-order valence-corrected chi connectivity index (χ1v) is 7.50. The van der Waals surface area contributed by atoms with Gasteiger partial charge in [0.2, 0.25) is 0 Å². The van der Waals surface area contributed by atoms with Gasteiger partial charge in [-0.15, -0.1) is 0 Å². The number of hydrogen-bond acceptors (Lipinski definition) is 3. The van der Waals surface area contributed by atoms with Crippen molar-refractivity contribution in [2.24, 2.45) is 11.7 Å². The molecule has 1 aliphatic rings. The van der Waals surface area contributed by atoms with Gasteiger partial charge in [0.1, 0.15) is 0 Å². The topological polar surface area (TPSA) is 32.5 Å². The van der Waals surface area contributed by atoms with Gasteiger partial charge in [-0.05, 0) is 59.2 Å². The van der Waals surface area contributed by atoms with Crippen molar-refractivity contribution in [3.05, 3.63) is 0 Å². The van der Waals surface area contributed by atoms with Crippen LogP contribution >= 0.6 is 0 Å². The lowest BCUT2D eigenvalue weighted by Gasteiger charge is -2.46. The van der Waals surface area contributed by atoms with Gasteiger partial charge in [0.05, 0.1) is 0 Å². The SMILES string of the molecule is CC(C)CCC(C)(CN)N(C)C1CCCN(C)C1. The fourth-order valence-corrected chi connectivity index (χ4v) is 2.92. The van der Waals surface area contributed by atoms with E-state index in [1.807, 2.05) is 0 Å². The van der Waals surface area contributed by atoms with Gasteiger partial charge in [0.25, 0.3) is 0 Å². The van der Waals surface area contributed by atoms with Crippen LogP contribution in [0.4, 0.5) is 0 Å². The molecule has 3 nitrogen and oxygen atoms in total. The Kier molecular flexibility index (Phi) is 6.09. The lowest BCUT2D eigenvalue weighted by atomic mass is 9.88. The zero-order valence-electron chi connectivity index (χ0n) is 13.1. The Bertz CT molecular complexity index is 242. The van der Waals surface area contributed by atoms with Crippen molar-refractivity contribution >= 4 is 0 Å². The Balaban J connectivity index is 2.61. The Hall–Kier alpha value is -0.120. The molecule has 0 aromatic heterocycles. The van der Waals surface area contributed by atoms with E-state index in [9.17, 15) is 0 Å². The minimum Gasteiger partial charge on any atom is -0.329 e. The monoisotopic (exact) mass is 255 g/mol. The zero-order valence-corrected chi connectivity index (χ0v) is 13.1. The second kappa shape index (κ2) is 6.88. The normalized spacial score (nSPS) is 25.7. The van der Waals surface area contributed by atoms with Crippen LogP contribution in [0, 0.1) is 5.92 Å². The minimum atomic E-state index is 0.160. The van der Waals surface area contributed by atoms with Crippen molar-refractivity contribution in [3.63, 3.8) is 0 Å². The highest BCUT2D eigenvalue weighted by Crippen LogP contribution is 2.26. The van der Waals surface area contributed by atoms with E-state index in [0.29, 0.717) is 6.04 Å². The molecular weight excluding hydrogens is 222 g/mol. The molecule has 108 valence electrons. The molecule has 0 aromatic rings. The van der Waals surface area contributed by atoms with E-state index in [0.717, 1.165) is 12.5 Å². The van der Waals surface area contributed by atoms with Crippen LogP contribution < -0.4 is 5.73 Å². The molecule has 2 atom stereocenters. The Morgan fingerprint density at radius 2 is 2.11 bits per heavy atom. The predicted octanol–water partition coefficient (Wildman–Crippen LogP) is 2.17. The molecule has 0 amide bonds. The number of nitrogens with zero attached hydrogens (tertiary/aromatic N) is 2. The molecule has 0 aliphatic carbocycles.